The third-order valence-electron chi connectivity index (χ3n) is 4.75. The fourth-order valence-electron chi connectivity index (χ4n) is 3.12. The quantitative estimate of drug-likeness (QED) is 0.801. The van der Waals surface area contributed by atoms with Gasteiger partial charge in [0.1, 0.15) is 0 Å². The van der Waals surface area contributed by atoms with Crippen molar-refractivity contribution in [3.8, 4) is 0 Å². The van der Waals surface area contributed by atoms with Crippen LogP contribution in [0, 0.1) is 0 Å². The maximum Gasteiger partial charge on any atom is 0.340 e. The largest absolute Gasteiger partial charge is 0.452 e. The fourth-order valence-corrected chi connectivity index (χ4v) is 3.33. The van der Waals surface area contributed by atoms with E-state index in [0.29, 0.717) is 11.6 Å². The van der Waals surface area contributed by atoms with Crippen LogP contribution in [0.2, 0.25) is 5.02 Å². The first kappa shape index (κ1) is 17.5. The number of esters is 1. The first-order valence-electron chi connectivity index (χ1n) is 8.35. The van der Waals surface area contributed by atoms with Crippen molar-refractivity contribution in [1.29, 1.82) is 0 Å². The van der Waals surface area contributed by atoms with Crippen molar-refractivity contribution >= 4 is 23.5 Å². The molecule has 0 unspecified atom stereocenters. The molecule has 0 saturated heterocycles. The van der Waals surface area contributed by atoms with E-state index < -0.39 is 5.97 Å². The highest BCUT2D eigenvalue weighted by Crippen LogP contribution is 2.43. The number of hydrogen-bond acceptors (Lipinski definition) is 3. The van der Waals surface area contributed by atoms with Gasteiger partial charge in [-0.25, -0.2) is 4.79 Å². The number of ether oxygens (including phenoxy) is 1. The molecule has 1 saturated carbocycles. The minimum absolute atomic E-state index is 0.00364. The number of amides is 1. The summed E-state index contributed by atoms with van der Waals surface area (Å²) in [5, 5.41) is 3.21. The molecule has 4 nitrogen and oxygen atoms in total. The van der Waals surface area contributed by atoms with Crippen LogP contribution in [-0.4, -0.2) is 25.0 Å². The van der Waals surface area contributed by atoms with E-state index in [2.05, 4.69) is 17.4 Å². The molecule has 0 bridgehead atoms. The lowest BCUT2D eigenvalue weighted by atomic mass is 9.64. The highest BCUT2D eigenvalue weighted by Gasteiger charge is 2.38. The zero-order valence-corrected chi connectivity index (χ0v) is 14.6. The standard InChI is InChI=1S/C20H20ClNO3/c21-17-10-5-4-9-16(17)19(24)25-13-18(23)22-14-20(11-6-12-20)15-7-2-1-3-8-15/h1-5,7-10H,6,11-14H2,(H,22,23). The van der Waals surface area contributed by atoms with Gasteiger partial charge in [0.25, 0.3) is 5.91 Å². The van der Waals surface area contributed by atoms with E-state index >= 15 is 0 Å². The monoisotopic (exact) mass is 357 g/mol. The minimum Gasteiger partial charge on any atom is -0.452 e. The van der Waals surface area contributed by atoms with E-state index in [0.717, 1.165) is 19.3 Å². The Hall–Kier alpha value is -2.33. The smallest absolute Gasteiger partial charge is 0.340 e. The average Bonchev–Trinajstić information content (AvgIpc) is 2.60. The van der Waals surface area contributed by atoms with Gasteiger partial charge in [-0.3, -0.25) is 4.79 Å². The average molecular weight is 358 g/mol. The second kappa shape index (κ2) is 7.70. The van der Waals surface area contributed by atoms with Crippen molar-refractivity contribution in [2.45, 2.75) is 24.7 Å². The summed E-state index contributed by atoms with van der Waals surface area (Å²) in [4.78, 5) is 24.0. The molecule has 130 valence electrons. The Labute approximate surface area is 152 Å². The van der Waals surface area contributed by atoms with Crippen molar-refractivity contribution in [2.24, 2.45) is 0 Å². The van der Waals surface area contributed by atoms with Crippen LogP contribution in [0.5, 0.6) is 0 Å². The number of halogens is 1. The predicted molar refractivity (Wildman–Crippen MR) is 96.7 cm³/mol. The normalized spacial score (nSPS) is 15.1. The first-order valence-corrected chi connectivity index (χ1v) is 8.72. The lowest BCUT2D eigenvalue weighted by Crippen LogP contribution is -2.46. The zero-order chi connectivity index (χ0) is 17.7. The Morgan fingerprint density at radius 1 is 1.04 bits per heavy atom. The maximum absolute atomic E-state index is 12.1. The van der Waals surface area contributed by atoms with Crippen LogP contribution >= 0.6 is 11.6 Å². The molecule has 5 heteroatoms. The topological polar surface area (TPSA) is 55.4 Å². The maximum atomic E-state index is 12.1. The Balaban J connectivity index is 1.51. The number of rotatable bonds is 6. The first-order chi connectivity index (χ1) is 12.1. The number of carbonyl (C=O) groups excluding carboxylic acids is 2. The van der Waals surface area contributed by atoms with Crippen LogP contribution < -0.4 is 5.32 Å². The van der Waals surface area contributed by atoms with Gasteiger partial charge < -0.3 is 10.1 Å². The molecule has 1 N–H and O–H groups in total. The molecule has 0 aliphatic heterocycles. The third-order valence-corrected chi connectivity index (χ3v) is 5.08. The van der Waals surface area contributed by atoms with Crippen molar-refractivity contribution in [3.05, 3.63) is 70.7 Å². The molecule has 1 aliphatic carbocycles. The fraction of sp³-hybridized carbons (Fsp3) is 0.300. The van der Waals surface area contributed by atoms with Gasteiger partial charge >= 0.3 is 5.97 Å². The lowest BCUT2D eigenvalue weighted by molar-refractivity contribution is -0.124. The van der Waals surface area contributed by atoms with Crippen molar-refractivity contribution < 1.29 is 14.3 Å². The molecule has 0 aromatic heterocycles. The molecule has 3 rings (SSSR count). The van der Waals surface area contributed by atoms with Gasteiger partial charge in [0.05, 0.1) is 10.6 Å². The molecule has 2 aromatic rings. The number of carbonyl (C=O) groups is 2. The van der Waals surface area contributed by atoms with E-state index in [1.807, 2.05) is 18.2 Å². The summed E-state index contributed by atoms with van der Waals surface area (Å²) in [7, 11) is 0. The summed E-state index contributed by atoms with van der Waals surface area (Å²) < 4.78 is 5.06. The lowest BCUT2D eigenvalue weighted by Gasteiger charge is -2.42. The van der Waals surface area contributed by atoms with Gasteiger partial charge in [0.15, 0.2) is 6.61 Å². The molecular formula is C20H20ClNO3. The van der Waals surface area contributed by atoms with Gasteiger partial charge in [-0.05, 0) is 30.5 Å². The van der Waals surface area contributed by atoms with E-state index in [4.69, 9.17) is 16.3 Å². The summed E-state index contributed by atoms with van der Waals surface area (Å²) in [5.74, 6) is -0.898. The predicted octanol–water partition coefficient (Wildman–Crippen LogP) is 3.73. The SMILES string of the molecule is O=C(COC(=O)c1ccccc1Cl)NCC1(c2ccccc2)CCC1. The Morgan fingerprint density at radius 3 is 2.36 bits per heavy atom. The molecule has 1 fully saturated rings. The Bertz CT molecular complexity index is 757. The summed E-state index contributed by atoms with van der Waals surface area (Å²) in [6.45, 7) is 0.244. The molecule has 2 aromatic carbocycles. The van der Waals surface area contributed by atoms with E-state index in [1.165, 1.54) is 5.56 Å². The molecule has 0 atom stereocenters. The Morgan fingerprint density at radius 2 is 1.72 bits per heavy atom. The summed E-state index contributed by atoms with van der Waals surface area (Å²) in [5.41, 5.74) is 1.51. The molecular weight excluding hydrogens is 338 g/mol. The highest BCUT2D eigenvalue weighted by molar-refractivity contribution is 6.33. The number of benzene rings is 2. The van der Waals surface area contributed by atoms with Crippen molar-refractivity contribution in [1.82, 2.24) is 5.32 Å². The second-order valence-corrected chi connectivity index (χ2v) is 6.74. The molecule has 0 heterocycles. The molecule has 25 heavy (non-hydrogen) atoms. The van der Waals surface area contributed by atoms with Crippen LogP contribution in [0.4, 0.5) is 0 Å². The van der Waals surface area contributed by atoms with Gasteiger partial charge in [0.2, 0.25) is 0 Å². The van der Waals surface area contributed by atoms with Crippen molar-refractivity contribution in [2.75, 3.05) is 13.2 Å². The highest BCUT2D eigenvalue weighted by atomic mass is 35.5. The van der Waals surface area contributed by atoms with Crippen LogP contribution in [0.3, 0.4) is 0 Å². The summed E-state index contributed by atoms with van der Waals surface area (Å²) in [6, 6.07) is 16.8. The van der Waals surface area contributed by atoms with Crippen LogP contribution in [0.25, 0.3) is 0 Å². The number of nitrogens with one attached hydrogen (secondary N) is 1. The van der Waals surface area contributed by atoms with Crippen LogP contribution in [-0.2, 0) is 14.9 Å². The van der Waals surface area contributed by atoms with E-state index in [1.54, 1.807) is 24.3 Å². The molecule has 1 amide bonds. The zero-order valence-electron chi connectivity index (χ0n) is 13.8. The third kappa shape index (κ3) is 4.02. The molecule has 1 aliphatic rings. The number of hydrogen-bond donors (Lipinski definition) is 1. The van der Waals surface area contributed by atoms with Crippen LogP contribution in [0.15, 0.2) is 54.6 Å². The Kier molecular flexibility index (Phi) is 5.39. The van der Waals surface area contributed by atoms with Crippen LogP contribution in [0.1, 0.15) is 35.2 Å². The van der Waals surface area contributed by atoms with Gasteiger partial charge in [-0.15, -0.1) is 0 Å². The van der Waals surface area contributed by atoms with E-state index in [-0.39, 0.29) is 23.5 Å². The second-order valence-electron chi connectivity index (χ2n) is 6.33. The van der Waals surface area contributed by atoms with Gasteiger partial charge in [0, 0.05) is 12.0 Å². The summed E-state index contributed by atoms with van der Waals surface area (Å²) >= 11 is 5.95. The minimum atomic E-state index is -0.595. The van der Waals surface area contributed by atoms with E-state index in [9.17, 15) is 9.59 Å². The van der Waals surface area contributed by atoms with Gasteiger partial charge in [-0.1, -0.05) is 60.5 Å². The van der Waals surface area contributed by atoms with Crippen molar-refractivity contribution in [3.63, 3.8) is 0 Å². The van der Waals surface area contributed by atoms with Gasteiger partial charge in [-0.2, -0.15) is 0 Å². The summed E-state index contributed by atoms with van der Waals surface area (Å²) in [6.07, 6.45) is 3.26. The molecule has 0 spiro atoms. The molecule has 0 radical (unpaired) electrons.